The molecule has 1 aromatic heterocycles. The van der Waals surface area contributed by atoms with Crippen LogP contribution in [0.2, 0.25) is 0 Å². The van der Waals surface area contributed by atoms with Gasteiger partial charge in [-0.25, -0.2) is 0 Å². The van der Waals surface area contributed by atoms with Crippen molar-refractivity contribution in [2.24, 2.45) is 0 Å². The SMILES string of the molecule is CC(C)OCc1nc(N)no1. The van der Waals surface area contributed by atoms with Gasteiger partial charge in [0.15, 0.2) is 0 Å². The van der Waals surface area contributed by atoms with Crippen LogP contribution in [0.25, 0.3) is 0 Å². The molecule has 1 aromatic rings. The number of hydrogen-bond donors (Lipinski definition) is 1. The molecule has 0 saturated carbocycles. The number of nitrogens with zero attached hydrogens (tertiary/aromatic N) is 2. The highest BCUT2D eigenvalue weighted by Gasteiger charge is 2.03. The highest BCUT2D eigenvalue weighted by Crippen LogP contribution is 2.01. The summed E-state index contributed by atoms with van der Waals surface area (Å²) in [6.07, 6.45) is 0.156. The monoisotopic (exact) mass is 157 g/mol. The van der Waals surface area contributed by atoms with Crippen LogP contribution in [0.15, 0.2) is 4.52 Å². The fourth-order valence-corrected chi connectivity index (χ4v) is 0.565. The normalized spacial score (nSPS) is 10.8. The molecule has 0 atom stereocenters. The second-order valence-corrected chi connectivity index (χ2v) is 2.41. The molecule has 0 saturated heterocycles. The van der Waals surface area contributed by atoms with Gasteiger partial charge in [-0.05, 0) is 19.0 Å². The first-order valence-electron chi connectivity index (χ1n) is 3.38. The topological polar surface area (TPSA) is 74.2 Å². The highest BCUT2D eigenvalue weighted by molar-refractivity contribution is 5.09. The zero-order chi connectivity index (χ0) is 8.27. The predicted molar refractivity (Wildman–Crippen MR) is 38.6 cm³/mol. The highest BCUT2D eigenvalue weighted by atomic mass is 16.5. The molecule has 2 N–H and O–H groups in total. The molecule has 0 aliphatic carbocycles. The molecule has 5 heteroatoms. The minimum absolute atomic E-state index is 0.146. The first-order chi connectivity index (χ1) is 5.18. The van der Waals surface area contributed by atoms with E-state index in [9.17, 15) is 0 Å². The van der Waals surface area contributed by atoms with E-state index >= 15 is 0 Å². The third kappa shape index (κ3) is 2.55. The molecule has 0 fully saturated rings. The quantitative estimate of drug-likeness (QED) is 0.694. The van der Waals surface area contributed by atoms with Crippen LogP contribution >= 0.6 is 0 Å². The maximum atomic E-state index is 5.21. The third-order valence-electron chi connectivity index (χ3n) is 1.02. The Balaban J connectivity index is 2.39. The van der Waals surface area contributed by atoms with E-state index in [4.69, 9.17) is 15.0 Å². The zero-order valence-electron chi connectivity index (χ0n) is 6.57. The van der Waals surface area contributed by atoms with Crippen LogP contribution < -0.4 is 5.73 Å². The van der Waals surface area contributed by atoms with E-state index in [-0.39, 0.29) is 12.1 Å². The molecule has 62 valence electrons. The first kappa shape index (κ1) is 8.00. The van der Waals surface area contributed by atoms with E-state index < -0.39 is 0 Å². The van der Waals surface area contributed by atoms with Crippen molar-refractivity contribution in [3.05, 3.63) is 5.89 Å². The lowest BCUT2D eigenvalue weighted by atomic mass is 10.5. The van der Waals surface area contributed by atoms with Crippen LogP contribution in [0.4, 0.5) is 5.95 Å². The third-order valence-corrected chi connectivity index (χ3v) is 1.02. The number of nitrogens with two attached hydrogens (primary N) is 1. The average molecular weight is 157 g/mol. The smallest absolute Gasteiger partial charge is 0.260 e. The Bertz CT molecular complexity index is 221. The summed E-state index contributed by atoms with van der Waals surface area (Å²) in [7, 11) is 0. The summed E-state index contributed by atoms with van der Waals surface area (Å²) >= 11 is 0. The molecule has 0 aromatic carbocycles. The van der Waals surface area contributed by atoms with Gasteiger partial charge in [0.05, 0.1) is 6.10 Å². The minimum atomic E-state index is 0.146. The molecule has 0 spiro atoms. The Labute approximate surface area is 64.5 Å². The number of nitrogen functional groups attached to an aromatic ring is 1. The van der Waals surface area contributed by atoms with Crippen molar-refractivity contribution in [1.82, 2.24) is 10.1 Å². The molecule has 0 aliphatic heterocycles. The summed E-state index contributed by atoms with van der Waals surface area (Å²) in [6.45, 7) is 4.18. The van der Waals surface area contributed by atoms with Crippen LogP contribution in [-0.2, 0) is 11.3 Å². The maximum absolute atomic E-state index is 5.21. The van der Waals surface area contributed by atoms with E-state index in [1.807, 2.05) is 13.8 Å². The lowest BCUT2D eigenvalue weighted by molar-refractivity contribution is 0.0485. The van der Waals surface area contributed by atoms with Gasteiger partial charge < -0.3 is 15.0 Å². The van der Waals surface area contributed by atoms with Crippen molar-refractivity contribution in [1.29, 1.82) is 0 Å². The van der Waals surface area contributed by atoms with Crippen molar-refractivity contribution in [3.63, 3.8) is 0 Å². The van der Waals surface area contributed by atoms with Gasteiger partial charge in [-0.2, -0.15) is 4.98 Å². The number of ether oxygens (including phenoxy) is 1. The molecular weight excluding hydrogens is 146 g/mol. The second kappa shape index (κ2) is 3.34. The molecule has 0 radical (unpaired) electrons. The fourth-order valence-electron chi connectivity index (χ4n) is 0.565. The van der Waals surface area contributed by atoms with Crippen molar-refractivity contribution in [2.75, 3.05) is 5.73 Å². The van der Waals surface area contributed by atoms with E-state index in [0.717, 1.165) is 0 Å². The van der Waals surface area contributed by atoms with Gasteiger partial charge in [0.2, 0.25) is 0 Å². The Morgan fingerprint density at radius 3 is 2.82 bits per heavy atom. The van der Waals surface area contributed by atoms with Gasteiger partial charge in [0.25, 0.3) is 11.8 Å². The minimum Gasteiger partial charge on any atom is -0.369 e. The summed E-state index contributed by atoms with van der Waals surface area (Å²) < 4.78 is 9.89. The summed E-state index contributed by atoms with van der Waals surface area (Å²) in [4.78, 5) is 3.76. The summed E-state index contributed by atoms with van der Waals surface area (Å²) in [5.74, 6) is 0.559. The van der Waals surface area contributed by atoms with Crippen LogP contribution in [0.3, 0.4) is 0 Å². The Morgan fingerprint density at radius 1 is 1.64 bits per heavy atom. The molecule has 11 heavy (non-hydrogen) atoms. The van der Waals surface area contributed by atoms with Gasteiger partial charge >= 0.3 is 0 Å². The van der Waals surface area contributed by atoms with E-state index in [1.54, 1.807) is 0 Å². The largest absolute Gasteiger partial charge is 0.369 e. The molecule has 0 bridgehead atoms. The molecule has 5 nitrogen and oxygen atoms in total. The second-order valence-electron chi connectivity index (χ2n) is 2.41. The van der Waals surface area contributed by atoms with E-state index in [2.05, 4.69) is 10.1 Å². The first-order valence-corrected chi connectivity index (χ1v) is 3.38. The number of anilines is 1. The standard InChI is InChI=1S/C6H11N3O2/c1-4(2)10-3-5-8-6(7)9-11-5/h4H,3H2,1-2H3,(H2,7,9). The number of aromatic nitrogens is 2. The van der Waals surface area contributed by atoms with Crippen molar-refractivity contribution >= 4 is 5.95 Å². The van der Waals surface area contributed by atoms with Crippen molar-refractivity contribution < 1.29 is 9.26 Å². The summed E-state index contributed by atoms with van der Waals surface area (Å²) in [5, 5.41) is 3.41. The molecule has 0 aliphatic rings. The Hall–Kier alpha value is -1.10. The lowest BCUT2D eigenvalue weighted by Gasteiger charge is -2.02. The van der Waals surface area contributed by atoms with Crippen molar-refractivity contribution in [3.8, 4) is 0 Å². The van der Waals surface area contributed by atoms with Gasteiger partial charge in [-0.1, -0.05) is 0 Å². The molecule has 1 rings (SSSR count). The predicted octanol–water partition coefficient (Wildman–Crippen LogP) is 0.577. The summed E-state index contributed by atoms with van der Waals surface area (Å²) in [6, 6.07) is 0. The zero-order valence-corrected chi connectivity index (χ0v) is 6.57. The Morgan fingerprint density at radius 2 is 2.36 bits per heavy atom. The average Bonchev–Trinajstić information content (AvgIpc) is 2.31. The number of hydrogen-bond acceptors (Lipinski definition) is 5. The fraction of sp³-hybridized carbons (Fsp3) is 0.667. The number of rotatable bonds is 3. The molecular formula is C6H11N3O2. The van der Waals surface area contributed by atoms with Gasteiger partial charge in [0.1, 0.15) is 6.61 Å². The maximum Gasteiger partial charge on any atom is 0.260 e. The van der Waals surface area contributed by atoms with E-state index in [1.165, 1.54) is 0 Å². The Kier molecular flexibility index (Phi) is 2.43. The molecule has 1 heterocycles. The van der Waals surface area contributed by atoms with E-state index in [0.29, 0.717) is 12.5 Å². The van der Waals surface area contributed by atoms with Crippen LogP contribution in [-0.4, -0.2) is 16.2 Å². The molecule has 0 amide bonds. The van der Waals surface area contributed by atoms with Gasteiger partial charge in [-0.3, -0.25) is 0 Å². The van der Waals surface area contributed by atoms with Crippen LogP contribution in [0, 0.1) is 0 Å². The van der Waals surface area contributed by atoms with Gasteiger partial charge in [-0.15, -0.1) is 0 Å². The van der Waals surface area contributed by atoms with Crippen LogP contribution in [0.1, 0.15) is 19.7 Å². The lowest BCUT2D eigenvalue weighted by Crippen LogP contribution is -2.02. The van der Waals surface area contributed by atoms with Crippen LogP contribution in [0.5, 0.6) is 0 Å². The van der Waals surface area contributed by atoms with Gasteiger partial charge in [0, 0.05) is 0 Å². The van der Waals surface area contributed by atoms with Crippen molar-refractivity contribution in [2.45, 2.75) is 26.6 Å². The molecule has 0 unspecified atom stereocenters. The summed E-state index contributed by atoms with van der Waals surface area (Å²) in [5.41, 5.74) is 5.21.